The Morgan fingerprint density at radius 2 is 1.89 bits per heavy atom. The van der Waals surface area contributed by atoms with Crippen molar-refractivity contribution in [2.24, 2.45) is 4.99 Å². The molecule has 0 aliphatic carbocycles. The maximum atomic E-state index is 12.5. The Kier molecular flexibility index (Phi) is 5.96. The van der Waals surface area contributed by atoms with Gasteiger partial charge < -0.3 is 5.32 Å². The van der Waals surface area contributed by atoms with E-state index in [1.54, 1.807) is 7.05 Å². The second-order valence-corrected chi connectivity index (χ2v) is 7.66. The maximum absolute atomic E-state index is 12.5. The minimum atomic E-state index is -0.451. The lowest BCUT2D eigenvalue weighted by Gasteiger charge is -2.10. The highest BCUT2D eigenvalue weighted by molar-refractivity contribution is 8.15. The quantitative estimate of drug-likeness (QED) is 0.846. The van der Waals surface area contributed by atoms with Crippen LogP contribution in [0.4, 0.5) is 11.4 Å². The first-order chi connectivity index (χ1) is 13.0. The first kappa shape index (κ1) is 19.2. The summed E-state index contributed by atoms with van der Waals surface area (Å²) in [5, 5.41) is 3.04. The van der Waals surface area contributed by atoms with E-state index in [4.69, 9.17) is 0 Å². The van der Waals surface area contributed by atoms with E-state index in [1.165, 1.54) is 22.2 Å². The van der Waals surface area contributed by atoms with Gasteiger partial charge in [0.2, 0.25) is 11.8 Å². The molecule has 27 heavy (non-hydrogen) atoms. The topological polar surface area (TPSA) is 61.8 Å². The number of amidine groups is 1. The third-order valence-electron chi connectivity index (χ3n) is 4.49. The summed E-state index contributed by atoms with van der Waals surface area (Å²) in [4.78, 5) is 31.0. The number of benzene rings is 2. The largest absolute Gasteiger partial charge is 0.326 e. The van der Waals surface area contributed by atoms with Crippen LogP contribution in [0.2, 0.25) is 0 Å². The molecule has 1 heterocycles. The molecular weight excluding hydrogens is 358 g/mol. The summed E-state index contributed by atoms with van der Waals surface area (Å²) < 4.78 is 0. The van der Waals surface area contributed by atoms with Crippen LogP contribution < -0.4 is 5.32 Å². The van der Waals surface area contributed by atoms with Crippen LogP contribution >= 0.6 is 11.8 Å². The molecule has 6 heteroatoms. The van der Waals surface area contributed by atoms with E-state index < -0.39 is 5.25 Å². The highest BCUT2D eigenvalue weighted by Gasteiger charge is 2.37. The zero-order chi connectivity index (χ0) is 19.4. The summed E-state index contributed by atoms with van der Waals surface area (Å²) >= 11 is 1.34. The number of aliphatic imine (C=N–C) groups is 1. The summed E-state index contributed by atoms with van der Waals surface area (Å²) in [7, 11) is 1.70. The van der Waals surface area contributed by atoms with Crippen molar-refractivity contribution >= 4 is 40.1 Å². The van der Waals surface area contributed by atoms with Crippen LogP contribution in [0.5, 0.6) is 0 Å². The Morgan fingerprint density at radius 1 is 1.19 bits per heavy atom. The standard InChI is InChI=1S/C21H23N3O2S/c1-4-15-9-11-16(12-10-15)22-19(25)13-18-20(26)24(3)21(27-18)23-17-8-6-5-7-14(17)2/h5-12,18H,4,13H2,1-3H3,(H,22,25). The fraction of sp³-hybridized carbons (Fsp3) is 0.286. The van der Waals surface area contributed by atoms with E-state index in [-0.39, 0.29) is 18.2 Å². The molecule has 0 radical (unpaired) electrons. The monoisotopic (exact) mass is 381 g/mol. The minimum absolute atomic E-state index is 0.0937. The van der Waals surface area contributed by atoms with E-state index in [1.807, 2.05) is 55.5 Å². The zero-order valence-corrected chi connectivity index (χ0v) is 16.5. The van der Waals surface area contributed by atoms with Crippen molar-refractivity contribution < 1.29 is 9.59 Å². The molecule has 3 rings (SSSR count). The number of carbonyl (C=O) groups is 2. The number of anilines is 1. The molecule has 2 aromatic carbocycles. The van der Waals surface area contributed by atoms with Crippen molar-refractivity contribution in [3.8, 4) is 0 Å². The van der Waals surface area contributed by atoms with Gasteiger partial charge in [0.1, 0.15) is 5.25 Å². The van der Waals surface area contributed by atoms with Crippen molar-refractivity contribution in [1.29, 1.82) is 0 Å². The molecule has 0 aromatic heterocycles. The van der Waals surface area contributed by atoms with Crippen LogP contribution in [0.25, 0.3) is 0 Å². The minimum Gasteiger partial charge on any atom is -0.326 e. The van der Waals surface area contributed by atoms with Crippen molar-refractivity contribution in [3.05, 3.63) is 59.7 Å². The predicted octanol–water partition coefficient (Wildman–Crippen LogP) is 4.15. The molecule has 5 nitrogen and oxygen atoms in total. The molecule has 140 valence electrons. The molecule has 1 unspecified atom stereocenters. The Bertz CT molecular complexity index is 877. The number of thioether (sulfide) groups is 1. The van der Waals surface area contributed by atoms with Gasteiger partial charge in [-0.15, -0.1) is 0 Å². The average molecular weight is 382 g/mol. The fourth-order valence-corrected chi connectivity index (χ4v) is 3.94. The third kappa shape index (κ3) is 4.57. The molecule has 0 saturated carbocycles. The van der Waals surface area contributed by atoms with Gasteiger partial charge >= 0.3 is 0 Å². The number of nitrogens with zero attached hydrogens (tertiary/aromatic N) is 2. The SMILES string of the molecule is CCc1ccc(NC(=O)CC2SC(=Nc3ccccc3C)N(C)C2=O)cc1. The Morgan fingerprint density at radius 3 is 2.56 bits per heavy atom. The van der Waals surface area contributed by atoms with Gasteiger partial charge in [0.15, 0.2) is 5.17 Å². The summed E-state index contributed by atoms with van der Waals surface area (Å²) in [6.07, 6.45) is 1.08. The van der Waals surface area contributed by atoms with Crippen molar-refractivity contribution in [2.45, 2.75) is 31.9 Å². The third-order valence-corrected chi connectivity index (χ3v) is 5.72. The summed E-state index contributed by atoms with van der Waals surface area (Å²) in [6, 6.07) is 15.5. The number of aryl methyl sites for hydroxylation is 2. The molecule has 0 spiro atoms. The van der Waals surface area contributed by atoms with Crippen molar-refractivity contribution in [2.75, 3.05) is 12.4 Å². The molecular formula is C21H23N3O2S. The first-order valence-electron chi connectivity index (χ1n) is 8.95. The normalized spacial score (nSPS) is 18.2. The van der Waals surface area contributed by atoms with Crippen molar-refractivity contribution in [3.63, 3.8) is 0 Å². The van der Waals surface area contributed by atoms with E-state index in [0.29, 0.717) is 5.17 Å². The van der Waals surface area contributed by atoms with E-state index in [2.05, 4.69) is 17.2 Å². The van der Waals surface area contributed by atoms with Crippen LogP contribution in [0.1, 0.15) is 24.5 Å². The highest BCUT2D eigenvalue weighted by atomic mass is 32.2. The summed E-state index contributed by atoms with van der Waals surface area (Å²) in [5.74, 6) is -0.264. The first-order valence-corrected chi connectivity index (χ1v) is 9.83. The van der Waals surface area contributed by atoms with Crippen LogP contribution in [-0.2, 0) is 16.0 Å². The van der Waals surface area contributed by atoms with Crippen LogP contribution in [0.3, 0.4) is 0 Å². The van der Waals surface area contributed by atoms with E-state index in [9.17, 15) is 9.59 Å². The van der Waals surface area contributed by atoms with Gasteiger partial charge in [-0.25, -0.2) is 4.99 Å². The maximum Gasteiger partial charge on any atom is 0.242 e. The smallest absolute Gasteiger partial charge is 0.242 e. The van der Waals surface area contributed by atoms with Crippen LogP contribution in [0, 0.1) is 6.92 Å². The second-order valence-electron chi connectivity index (χ2n) is 6.49. The Hall–Kier alpha value is -2.60. The van der Waals surface area contributed by atoms with Gasteiger partial charge in [-0.1, -0.05) is 49.0 Å². The van der Waals surface area contributed by atoms with Crippen LogP contribution in [0.15, 0.2) is 53.5 Å². The average Bonchev–Trinajstić information content (AvgIpc) is 2.92. The summed E-state index contributed by atoms with van der Waals surface area (Å²) in [6.45, 7) is 4.07. The number of hydrogen-bond acceptors (Lipinski definition) is 4. The van der Waals surface area contributed by atoms with Gasteiger partial charge in [0.05, 0.1) is 5.69 Å². The number of para-hydroxylation sites is 1. The molecule has 2 aromatic rings. The number of hydrogen-bond donors (Lipinski definition) is 1. The fourth-order valence-electron chi connectivity index (χ4n) is 2.79. The van der Waals surface area contributed by atoms with E-state index >= 15 is 0 Å². The molecule has 1 fully saturated rings. The molecule has 1 aliphatic heterocycles. The zero-order valence-electron chi connectivity index (χ0n) is 15.7. The molecule has 1 atom stereocenters. The van der Waals surface area contributed by atoms with Gasteiger partial charge in [0.25, 0.3) is 0 Å². The Balaban J connectivity index is 1.66. The summed E-state index contributed by atoms with van der Waals surface area (Å²) in [5.41, 5.74) is 3.84. The van der Waals surface area contributed by atoms with Crippen molar-refractivity contribution in [1.82, 2.24) is 4.90 Å². The van der Waals surface area contributed by atoms with Gasteiger partial charge in [-0.05, 0) is 42.7 Å². The van der Waals surface area contributed by atoms with Gasteiger partial charge in [0, 0.05) is 19.2 Å². The predicted molar refractivity (Wildman–Crippen MR) is 111 cm³/mol. The van der Waals surface area contributed by atoms with Gasteiger partial charge in [-0.3, -0.25) is 14.5 Å². The van der Waals surface area contributed by atoms with Gasteiger partial charge in [-0.2, -0.15) is 0 Å². The molecule has 0 bridgehead atoms. The number of carbonyl (C=O) groups excluding carboxylic acids is 2. The lowest BCUT2D eigenvalue weighted by atomic mass is 10.1. The molecule has 1 aliphatic rings. The number of nitrogens with one attached hydrogen (secondary N) is 1. The van der Waals surface area contributed by atoms with E-state index in [0.717, 1.165) is 23.4 Å². The number of rotatable bonds is 5. The lowest BCUT2D eigenvalue weighted by molar-refractivity contribution is -0.127. The highest BCUT2D eigenvalue weighted by Crippen LogP contribution is 2.31. The molecule has 1 saturated heterocycles. The Labute approximate surface area is 163 Å². The molecule has 2 amide bonds. The number of amides is 2. The lowest BCUT2D eigenvalue weighted by Crippen LogP contribution is -2.30. The molecule has 1 N–H and O–H groups in total. The second kappa shape index (κ2) is 8.39. The van der Waals surface area contributed by atoms with Crippen LogP contribution in [-0.4, -0.2) is 34.2 Å².